The van der Waals surface area contributed by atoms with Crippen molar-refractivity contribution in [2.75, 3.05) is 6.61 Å². The van der Waals surface area contributed by atoms with Crippen LogP contribution in [0.5, 0.6) is 0 Å². The second-order valence-corrected chi connectivity index (χ2v) is 6.31. The van der Waals surface area contributed by atoms with E-state index in [1.807, 2.05) is 32.0 Å². The summed E-state index contributed by atoms with van der Waals surface area (Å²) >= 11 is 0. The Hall–Kier alpha value is -1.39. The molecule has 106 valence electrons. The molecule has 3 aliphatic rings. The van der Waals surface area contributed by atoms with Crippen molar-refractivity contribution in [3.8, 4) is 0 Å². The Bertz CT molecular complexity index is 539. The SMILES string of the molecule is CC1(C)OC[C@H]([C@H]2OC(=O)[C@@H]3[C@@H](c4ccccc4)[C@H]23)O1. The van der Waals surface area contributed by atoms with Crippen molar-refractivity contribution in [3.05, 3.63) is 35.9 Å². The fraction of sp³-hybridized carbons (Fsp3) is 0.562. The van der Waals surface area contributed by atoms with E-state index in [4.69, 9.17) is 14.2 Å². The predicted molar refractivity (Wildman–Crippen MR) is 70.9 cm³/mol. The number of carbonyl (C=O) groups excluding carboxylic acids is 1. The highest BCUT2D eigenvalue weighted by atomic mass is 16.8. The van der Waals surface area contributed by atoms with E-state index >= 15 is 0 Å². The van der Waals surface area contributed by atoms with E-state index in [9.17, 15) is 4.79 Å². The lowest BCUT2D eigenvalue weighted by atomic mass is 10.0. The van der Waals surface area contributed by atoms with Crippen LogP contribution in [0, 0.1) is 11.8 Å². The molecule has 3 fully saturated rings. The van der Waals surface area contributed by atoms with Crippen LogP contribution in [0.15, 0.2) is 30.3 Å². The molecule has 5 atom stereocenters. The quantitative estimate of drug-likeness (QED) is 0.775. The first-order chi connectivity index (χ1) is 9.57. The highest BCUT2D eigenvalue weighted by molar-refractivity contribution is 5.81. The van der Waals surface area contributed by atoms with Gasteiger partial charge in [0.25, 0.3) is 0 Å². The minimum Gasteiger partial charge on any atom is -0.459 e. The Kier molecular flexibility index (Phi) is 2.51. The number of hydrogen-bond donors (Lipinski definition) is 0. The lowest BCUT2D eigenvalue weighted by Gasteiger charge is -2.22. The smallest absolute Gasteiger partial charge is 0.310 e. The predicted octanol–water partition coefficient (Wildman–Crippen LogP) is 2.09. The normalized spacial score (nSPS) is 41.3. The first kappa shape index (κ1) is 12.4. The molecule has 1 aromatic carbocycles. The Morgan fingerprint density at radius 2 is 1.90 bits per heavy atom. The van der Waals surface area contributed by atoms with Crippen LogP contribution in [-0.4, -0.2) is 30.6 Å². The molecule has 4 rings (SSSR count). The zero-order chi connectivity index (χ0) is 13.9. The van der Waals surface area contributed by atoms with Gasteiger partial charge in [-0.15, -0.1) is 0 Å². The van der Waals surface area contributed by atoms with Gasteiger partial charge in [0.1, 0.15) is 12.2 Å². The minimum atomic E-state index is -0.577. The van der Waals surface area contributed by atoms with E-state index in [1.165, 1.54) is 5.56 Å². The third kappa shape index (κ3) is 1.79. The summed E-state index contributed by atoms with van der Waals surface area (Å²) in [4.78, 5) is 12.0. The first-order valence-electron chi connectivity index (χ1n) is 7.14. The fourth-order valence-corrected chi connectivity index (χ4v) is 3.64. The van der Waals surface area contributed by atoms with Crippen LogP contribution in [0.4, 0.5) is 0 Å². The number of esters is 1. The van der Waals surface area contributed by atoms with Gasteiger partial charge in [-0.05, 0) is 19.4 Å². The molecule has 0 unspecified atom stereocenters. The molecule has 2 heterocycles. The van der Waals surface area contributed by atoms with Gasteiger partial charge >= 0.3 is 5.97 Å². The summed E-state index contributed by atoms with van der Waals surface area (Å²) in [5, 5.41) is 0. The van der Waals surface area contributed by atoms with Gasteiger partial charge in [0.05, 0.1) is 12.5 Å². The lowest BCUT2D eigenvalue weighted by molar-refractivity contribution is -0.166. The van der Waals surface area contributed by atoms with Gasteiger partial charge in [-0.2, -0.15) is 0 Å². The minimum absolute atomic E-state index is 0.00899. The van der Waals surface area contributed by atoms with Crippen LogP contribution in [0.25, 0.3) is 0 Å². The highest BCUT2D eigenvalue weighted by Gasteiger charge is 2.68. The second kappa shape index (κ2) is 4.06. The van der Waals surface area contributed by atoms with Crippen molar-refractivity contribution >= 4 is 5.97 Å². The third-order valence-electron chi connectivity index (χ3n) is 4.56. The molecule has 20 heavy (non-hydrogen) atoms. The fourth-order valence-electron chi connectivity index (χ4n) is 3.64. The van der Waals surface area contributed by atoms with Crippen molar-refractivity contribution in [2.45, 2.75) is 37.8 Å². The van der Waals surface area contributed by atoms with Crippen molar-refractivity contribution in [3.63, 3.8) is 0 Å². The molecule has 2 saturated heterocycles. The Balaban J connectivity index is 1.55. The van der Waals surface area contributed by atoms with Crippen LogP contribution in [0.2, 0.25) is 0 Å². The van der Waals surface area contributed by atoms with Crippen molar-refractivity contribution in [1.82, 2.24) is 0 Å². The van der Waals surface area contributed by atoms with E-state index in [0.29, 0.717) is 6.61 Å². The van der Waals surface area contributed by atoms with Crippen molar-refractivity contribution in [1.29, 1.82) is 0 Å². The number of fused-ring (bicyclic) bond motifs is 1. The van der Waals surface area contributed by atoms with Gasteiger partial charge in [0.2, 0.25) is 0 Å². The Morgan fingerprint density at radius 1 is 1.15 bits per heavy atom. The summed E-state index contributed by atoms with van der Waals surface area (Å²) in [6, 6.07) is 10.2. The van der Waals surface area contributed by atoms with Crippen LogP contribution >= 0.6 is 0 Å². The molecule has 0 N–H and O–H groups in total. The molecular formula is C16H18O4. The number of hydrogen-bond acceptors (Lipinski definition) is 4. The van der Waals surface area contributed by atoms with Gasteiger partial charge in [0, 0.05) is 11.8 Å². The van der Waals surface area contributed by atoms with E-state index in [1.54, 1.807) is 0 Å². The van der Waals surface area contributed by atoms with Crippen LogP contribution < -0.4 is 0 Å². The number of benzene rings is 1. The molecule has 4 heteroatoms. The molecule has 1 aromatic rings. The van der Waals surface area contributed by atoms with E-state index in [-0.39, 0.29) is 35.9 Å². The molecule has 1 aliphatic carbocycles. The Labute approximate surface area is 118 Å². The molecule has 0 bridgehead atoms. The standard InChI is InChI=1S/C16H18O4/c1-16(2)18-8-10(20-16)14-12-11(13(12)15(17)19-14)9-6-4-3-5-7-9/h3-7,10-14H,8H2,1-2H3/t10-,11+,12+,13-,14-/m1/s1. The van der Waals surface area contributed by atoms with Crippen LogP contribution in [0.1, 0.15) is 25.3 Å². The number of ether oxygens (including phenoxy) is 3. The van der Waals surface area contributed by atoms with Crippen LogP contribution in [0.3, 0.4) is 0 Å². The monoisotopic (exact) mass is 274 g/mol. The van der Waals surface area contributed by atoms with Gasteiger partial charge in [-0.25, -0.2) is 0 Å². The Morgan fingerprint density at radius 3 is 2.55 bits per heavy atom. The molecule has 2 aliphatic heterocycles. The molecule has 0 spiro atoms. The zero-order valence-corrected chi connectivity index (χ0v) is 11.6. The maximum Gasteiger partial charge on any atom is 0.310 e. The second-order valence-electron chi connectivity index (χ2n) is 6.31. The molecule has 0 aromatic heterocycles. The molecule has 4 nitrogen and oxygen atoms in total. The average Bonchev–Trinajstić information content (AvgIpc) is 2.94. The highest BCUT2D eigenvalue weighted by Crippen LogP contribution is 2.62. The topological polar surface area (TPSA) is 44.8 Å². The molecule has 0 amide bonds. The number of cyclic esters (lactones) is 1. The molecule has 0 radical (unpaired) electrons. The van der Waals surface area contributed by atoms with E-state index in [0.717, 1.165) is 0 Å². The van der Waals surface area contributed by atoms with Gasteiger partial charge in [-0.1, -0.05) is 30.3 Å². The van der Waals surface area contributed by atoms with E-state index in [2.05, 4.69) is 12.1 Å². The summed E-state index contributed by atoms with van der Waals surface area (Å²) in [7, 11) is 0. The molecular weight excluding hydrogens is 256 g/mol. The maximum atomic E-state index is 12.0. The summed E-state index contributed by atoms with van der Waals surface area (Å²) in [5.74, 6) is -0.120. The maximum absolute atomic E-state index is 12.0. The summed E-state index contributed by atoms with van der Waals surface area (Å²) in [6.07, 6.45) is -0.308. The van der Waals surface area contributed by atoms with Gasteiger partial charge in [-0.3, -0.25) is 4.79 Å². The number of rotatable bonds is 2. The zero-order valence-electron chi connectivity index (χ0n) is 11.6. The number of carbonyl (C=O) groups is 1. The lowest BCUT2D eigenvalue weighted by Crippen LogP contribution is -2.34. The third-order valence-corrected chi connectivity index (χ3v) is 4.56. The summed E-state index contributed by atoms with van der Waals surface area (Å²) in [5.41, 5.74) is 1.22. The van der Waals surface area contributed by atoms with Crippen molar-refractivity contribution < 1.29 is 19.0 Å². The van der Waals surface area contributed by atoms with Gasteiger partial charge < -0.3 is 14.2 Å². The van der Waals surface area contributed by atoms with Crippen LogP contribution in [-0.2, 0) is 19.0 Å². The molecule has 1 saturated carbocycles. The van der Waals surface area contributed by atoms with Crippen molar-refractivity contribution in [2.24, 2.45) is 11.8 Å². The summed E-state index contributed by atoms with van der Waals surface area (Å²) in [6.45, 7) is 4.28. The van der Waals surface area contributed by atoms with E-state index < -0.39 is 5.79 Å². The van der Waals surface area contributed by atoms with Gasteiger partial charge in [0.15, 0.2) is 5.79 Å². The average molecular weight is 274 g/mol. The first-order valence-corrected chi connectivity index (χ1v) is 7.14. The summed E-state index contributed by atoms with van der Waals surface area (Å²) < 4.78 is 17.0. The largest absolute Gasteiger partial charge is 0.459 e.